The van der Waals surface area contributed by atoms with Crippen molar-refractivity contribution in [1.82, 2.24) is 19.7 Å². The smallest absolute Gasteiger partial charge is 0.234 e. The number of carbonyl (C=O) groups is 1. The Bertz CT molecular complexity index is 1180. The van der Waals surface area contributed by atoms with Gasteiger partial charge in [0, 0.05) is 29.3 Å². The molecular weight excluding hydrogens is 422 g/mol. The summed E-state index contributed by atoms with van der Waals surface area (Å²) in [5.74, 6) is 1.52. The van der Waals surface area contributed by atoms with Crippen LogP contribution in [0, 0.1) is 0 Å². The molecule has 0 aliphatic heterocycles. The number of methoxy groups -OCH3 is 1. The Balaban J connectivity index is 1.56. The van der Waals surface area contributed by atoms with Gasteiger partial charge >= 0.3 is 0 Å². The fourth-order valence-corrected chi connectivity index (χ4v) is 3.92. The number of rotatable bonds is 8. The highest BCUT2D eigenvalue weighted by Gasteiger charge is 2.17. The highest BCUT2D eigenvalue weighted by molar-refractivity contribution is 7.99. The van der Waals surface area contributed by atoms with E-state index in [2.05, 4.69) is 39.6 Å². The molecular formula is C24H23N5O2S. The molecule has 2 heterocycles. The van der Waals surface area contributed by atoms with Gasteiger partial charge in [-0.05, 0) is 60.5 Å². The van der Waals surface area contributed by atoms with Gasteiger partial charge in [-0.2, -0.15) is 0 Å². The third kappa shape index (κ3) is 4.97. The lowest BCUT2D eigenvalue weighted by atomic mass is 10.1. The van der Waals surface area contributed by atoms with Gasteiger partial charge in [0.2, 0.25) is 5.91 Å². The van der Waals surface area contributed by atoms with Gasteiger partial charge in [-0.3, -0.25) is 14.3 Å². The van der Waals surface area contributed by atoms with Crippen LogP contribution in [0.5, 0.6) is 5.75 Å². The lowest BCUT2D eigenvalue weighted by Gasteiger charge is -2.11. The minimum atomic E-state index is -0.124. The molecule has 2 aromatic heterocycles. The monoisotopic (exact) mass is 445 g/mol. The second-order valence-corrected chi connectivity index (χ2v) is 7.91. The maximum absolute atomic E-state index is 12.5. The van der Waals surface area contributed by atoms with Crippen molar-refractivity contribution in [3.05, 3.63) is 78.6 Å². The Morgan fingerprint density at radius 3 is 2.38 bits per heavy atom. The van der Waals surface area contributed by atoms with Crippen molar-refractivity contribution in [3.63, 3.8) is 0 Å². The topological polar surface area (TPSA) is 81.9 Å². The number of aryl methyl sites for hydroxylation is 1. The van der Waals surface area contributed by atoms with E-state index in [4.69, 9.17) is 4.74 Å². The number of ether oxygens (including phenoxy) is 1. The Morgan fingerprint density at radius 1 is 1.00 bits per heavy atom. The molecule has 4 aromatic rings. The molecule has 0 fully saturated rings. The van der Waals surface area contributed by atoms with Crippen molar-refractivity contribution >= 4 is 23.4 Å². The Hall–Kier alpha value is -3.65. The summed E-state index contributed by atoms with van der Waals surface area (Å²) in [7, 11) is 1.61. The Morgan fingerprint density at radius 2 is 1.72 bits per heavy atom. The van der Waals surface area contributed by atoms with E-state index < -0.39 is 0 Å². The zero-order valence-electron chi connectivity index (χ0n) is 17.9. The van der Waals surface area contributed by atoms with Crippen LogP contribution < -0.4 is 10.1 Å². The molecule has 2 aromatic carbocycles. The summed E-state index contributed by atoms with van der Waals surface area (Å²) < 4.78 is 7.12. The second-order valence-electron chi connectivity index (χ2n) is 6.96. The highest BCUT2D eigenvalue weighted by Crippen LogP contribution is 2.28. The third-order valence-corrected chi connectivity index (χ3v) is 5.81. The molecule has 0 unspecified atom stereocenters. The second kappa shape index (κ2) is 10.1. The molecule has 0 saturated carbocycles. The van der Waals surface area contributed by atoms with Gasteiger partial charge in [0.05, 0.1) is 12.9 Å². The average molecular weight is 446 g/mol. The number of thioether (sulfide) groups is 1. The number of pyridine rings is 1. The van der Waals surface area contributed by atoms with Crippen LogP contribution in [0.1, 0.15) is 12.5 Å². The first-order chi connectivity index (χ1) is 15.7. The van der Waals surface area contributed by atoms with Gasteiger partial charge in [-0.1, -0.05) is 30.8 Å². The quantitative estimate of drug-likeness (QED) is 0.398. The number of hydrogen-bond donors (Lipinski definition) is 1. The maximum atomic E-state index is 12.5. The van der Waals surface area contributed by atoms with E-state index in [0.717, 1.165) is 23.4 Å². The van der Waals surface area contributed by atoms with Crippen molar-refractivity contribution in [2.75, 3.05) is 18.2 Å². The van der Waals surface area contributed by atoms with Crippen molar-refractivity contribution in [2.45, 2.75) is 18.5 Å². The standard InChI is InChI=1S/C24H23N5O2S/c1-3-17-4-8-20(9-5-17)29-23(18-12-14-25-15-13-18)27-28-24(29)32-16-22(30)26-19-6-10-21(31-2)11-7-19/h4-15H,3,16H2,1-2H3,(H,26,30). The van der Waals surface area contributed by atoms with Crippen molar-refractivity contribution < 1.29 is 9.53 Å². The molecule has 0 radical (unpaired) electrons. The number of carbonyl (C=O) groups excluding carboxylic acids is 1. The number of anilines is 1. The van der Waals surface area contributed by atoms with E-state index in [1.165, 1.54) is 17.3 Å². The molecule has 7 nitrogen and oxygen atoms in total. The summed E-state index contributed by atoms with van der Waals surface area (Å²) in [6, 6.07) is 19.3. The molecule has 4 rings (SSSR count). The average Bonchev–Trinajstić information content (AvgIpc) is 3.28. The maximum Gasteiger partial charge on any atom is 0.234 e. The van der Waals surface area contributed by atoms with Crippen LogP contribution in [0.15, 0.2) is 78.2 Å². The van der Waals surface area contributed by atoms with Crippen LogP contribution in [0.2, 0.25) is 0 Å². The molecule has 0 atom stereocenters. The summed E-state index contributed by atoms with van der Waals surface area (Å²) >= 11 is 1.34. The zero-order valence-corrected chi connectivity index (χ0v) is 18.7. The molecule has 1 N–H and O–H groups in total. The van der Waals surface area contributed by atoms with E-state index in [0.29, 0.717) is 16.7 Å². The largest absolute Gasteiger partial charge is 0.497 e. The van der Waals surface area contributed by atoms with Crippen LogP contribution in [0.25, 0.3) is 17.1 Å². The van der Waals surface area contributed by atoms with E-state index in [9.17, 15) is 4.79 Å². The van der Waals surface area contributed by atoms with E-state index in [1.807, 2.05) is 28.8 Å². The normalized spacial score (nSPS) is 10.7. The first-order valence-corrected chi connectivity index (χ1v) is 11.2. The number of amides is 1. The van der Waals surface area contributed by atoms with Gasteiger partial charge < -0.3 is 10.1 Å². The number of nitrogens with zero attached hydrogens (tertiary/aromatic N) is 4. The fraction of sp³-hybridized carbons (Fsp3) is 0.167. The first-order valence-electron chi connectivity index (χ1n) is 10.2. The van der Waals surface area contributed by atoms with Crippen molar-refractivity contribution in [1.29, 1.82) is 0 Å². The summed E-state index contributed by atoms with van der Waals surface area (Å²) in [6.45, 7) is 2.12. The Labute approximate surface area is 190 Å². The third-order valence-electron chi connectivity index (χ3n) is 4.88. The minimum absolute atomic E-state index is 0.124. The molecule has 162 valence electrons. The predicted octanol–water partition coefficient (Wildman–Crippen LogP) is 4.63. The van der Waals surface area contributed by atoms with Crippen LogP contribution in [0.4, 0.5) is 5.69 Å². The highest BCUT2D eigenvalue weighted by atomic mass is 32.2. The van der Waals surface area contributed by atoms with Gasteiger partial charge in [0.25, 0.3) is 0 Å². The van der Waals surface area contributed by atoms with Crippen LogP contribution >= 0.6 is 11.8 Å². The molecule has 8 heteroatoms. The molecule has 0 bridgehead atoms. The summed E-state index contributed by atoms with van der Waals surface area (Å²) in [4.78, 5) is 16.6. The van der Waals surface area contributed by atoms with Gasteiger partial charge in [0.1, 0.15) is 5.75 Å². The van der Waals surface area contributed by atoms with E-state index in [-0.39, 0.29) is 11.7 Å². The van der Waals surface area contributed by atoms with Crippen molar-refractivity contribution in [2.24, 2.45) is 0 Å². The molecule has 32 heavy (non-hydrogen) atoms. The summed E-state index contributed by atoms with van der Waals surface area (Å²) in [5, 5.41) is 12.3. The van der Waals surface area contributed by atoms with E-state index >= 15 is 0 Å². The van der Waals surface area contributed by atoms with Crippen molar-refractivity contribution in [3.8, 4) is 22.8 Å². The minimum Gasteiger partial charge on any atom is -0.497 e. The molecule has 0 saturated heterocycles. The van der Waals surface area contributed by atoms with Crippen LogP contribution in [-0.4, -0.2) is 38.5 Å². The lowest BCUT2D eigenvalue weighted by molar-refractivity contribution is -0.113. The van der Waals surface area contributed by atoms with Crippen LogP contribution in [-0.2, 0) is 11.2 Å². The SMILES string of the molecule is CCc1ccc(-n2c(SCC(=O)Nc3ccc(OC)cc3)nnc2-c2ccncc2)cc1. The number of benzene rings is 2. The van der Waals surface area contributed by atoms with Gasteiger partial charge in [-0.25, -0.2) is 0 Å². The first kappa shape index (κ1) is 21.6. The number of aromatic nitrogens is 4. The molecule has 0 spiro atoms. The molecule has 1 amide bonds. The predicted molar refractivity (Wildman–Crippen MR) is 126 cm³/mol. The summed E-state index contributed by atoms with van der Waals surface area (Å²) in [5.41, 5.74) is 3.81. The lowest BCUT2D eigenvalue weighted by Crippen LogP contribution is -2.14. The fourth-order valence-electron chi connectivity index (χ4n) is 3.17. The number of hydrogen-bond acceptors (Lipinski definition) is 6. The van der Waals surface area contributed by atoms with E-state index in [1.54, 1.807) is 43.8 Å². The number of nitrogens with one attached hydrogen (secondary N) is 1. The molecule has 0 aliphatic rings. The summed E-state index contributed by atoms with van der Waals surface area (Å²) in [6.07, 6.45) is 4.42. The van der Waals surface area contributed by atoms with Gasteiger partial charge in [0.15, 0.2) is 11.0 Å². The zero-order chi connectivity index (χ0) is 22.3. The van der Waals surface area contributed by atoms with Gasteiger partial charge in [-0.15, -0.1) is 10.2 Å². The Kier molecular flexibility index (Phi) is 6.81. The van der Waals surface area contributed by atoms with Crippen LogP contribution in [0.3, 0.4) is 0 Å². The molecule has 0 aliphatic carbocycles.